The quantitative estimate of drug-likeness (QED) is 0.897. The summed E-state index contributed by atoms with van der Waals surface area (Å²) in [7, 11) is -3.47. The Hall–Kier alpha value is -0.470. The normalized spacial score (nSPS) is 19.3. The van der Waals surface area contributed by atoms with Crippen LogP contribution in [0.15, 0.2) is 27.6 Å². The predicted molar refractivity (Wildman–Crippen MR) is 76.3 cm³/mol. The van der Waals surface area contributed by atoms with Gasteiger partial charge in [0.25, 0.3) is 0 Å². The Balaban J connectivity index is 2.35. The monoisotopic (exact) mass is 348 g/mol. The third kappa shape index (κ3) is 3.17. The van der Waals surface area contributed by atoms with Crippen molar-refractivity contribution >= 4 is 26.0 Å². The van der Waals surface area contributed by atoms with Crippen LogP contribution in [0.4, 0.5) is 0 Å². The number of nitrogens with zero attached hydrogens (tertiary/aromatic N) is 1. The highest BCUT2D eigenvalue weighted by Gasteiger charge is 2.28. The summed E-state index contributed by atoms with van der Waals surface area (Å²) in [5, 5.41) is 0. The molecule has 0 amide bonds. The SMILES string of the molecule is CC(N)c1ccc(S(=O)(=O)N2CCOCC2)c(Br)c1. The highest BCUT2D eigenvalue weighted by atomic mass is 79.9. The number of benzene rings is 1. The Kier molecular flexibility index (Phi) is 4.62. The number of hydrogen-bond acceptors (Lipinski definition) is 4. The fourth-order valence-electron chi connectivity index (χ4n) is 1.94. The molecule has 2 rings (SSSR count). The Bertz CT molecular complexity index is 554. The summed E-state index contributed by atoms with van der Waals surface area (Å²) in [6, 6.07) is 4.99. The van der Waals surface area contributed by atoms with Gasteiger partial charge in [-0.2, -0.15) is 4.31 Å². The zero-order valence-electron chi connectivity index (χ0n) is 10.7. The average molecular weight is 349 g/mol. The van der Waals surface area contributed by atoms with E-state index in [1.54, 1.807) is 18.2 Å². The molecule has 1 fully saturated rings. The van der Waals surface area contributed by atoms with Gasteiger partial charge >= 0.3 is 0 Å². The molecule has 2 N–H and O–H groups in total. The predicted octanol–water partition coefficient (Wildman–Crippen LogP) is 1.49. The number of sulfonamides is 1. The van der Waals surface area contributed by atoms with Gasteiger partial charge in [-0.15, -0.1) is 0 Å². The molecule has 1 saturated heterocycles. The van der Waals surface area contributed by atoms with Gasteiger partial charge in [-0.25, -0.2) is 8.42 Å². The molecule has 1 aromatic rings. The van der Waals surface area contributed by atoms with Crippen LogP contribution in [0.5, 0.6) is 0 Å². The average Bonchev–Trinajstić information content (AvgIpc) is 2.39. The van der Waals surface area contributed by atoms with Gasteiger partial charge in [0.15, 0.2) is 0 Å². The maximum atomic E-state index is 12.5. The first-order chi connectivity index (χ1) is 8.93. The van der Waals surface area contributed by atoms with Gasteiger partial charge in [-0.05, 0) is 40.5 Å². The first-order valence-corrected chi connectivity index (χ1v) is 8.29. The largest absolute Gasteiger partial charge is 0.379 e. The lowest BCUT2D eigenvalue weighted by molar-refractivity contribution is 0.0730. The second kappa shape index (κ2) is 5.88. The summed E-state index contributed by atoms with van der Waals surface area (Å²) in [5.74, 6) is 0. The summed E-state index contributed by atoms with van der Waals surface area (Å²) >= 11 is 3.33. The Labute approximate surface area is 121 Å². The van der Waals surface area contributed by atoms with Crippen molar-refractivity contribution in [3.05, 3.63) is 28.2 Å². The zero-order valence-corrected chi connectivity index (χ0v) is 13.1. The van der Waals surface area contributed by atoms with E-state index in [4.69, 9.17) is 10.5 Å². The molecule has 7 heteroatoms. The van der Waals surface area contributed by atoms with Gasteiger partial charge in [0.1, 0.15) is 0 Å². The van der Waals surface area contributed by atoms with Crippen LogP contribution < -0.4 is 5.73 Å². The number of nitrogens with two attached hydrogens (primary N) is 1. The Morgan fingerprint density at radius 3 is 2.53 bits per heavy atom. The van der Waals surface area contributed by atoms with Crippen molar-refractivity contribution in [1.29, 1.82) is 0 Å². The lowest BCUT2D eigenvalue weighted by atomic mass is 10.1. The van der Waals surface area contributed by atoms with Gasteiger partial charge in [0.05, 0.1) is 18.1 Å². The van der Waals surface area contributed by atoms with Crippen molar-refractivity contribution in [2.24, 2.45) is 5.73 Å². The third-order valence-corrected chi connectivity index (χ3v) is 5.94. The summed E-state index contributed by atoms with van der Waals surface area (Å²) in [6.45, 7) is 3.52. The van der Waals surface area contributed by atoms with Crippen LogP contribution in [0, 0.1) is 0 Å². The molecule has 0 saturated carbocycles. The second-order valence-electron chi connectivity index (χ2n) is 4.49. The van der Waals surface area contributed by atoms with Gasteiger partial charge in [0.2, 0.25) is 10.0 Å². The zero-order chi connectivity index (χ0) is 14.0. The van der Waals surface area contributed by atoms with Crippen molar-refractivity contribution in [3.8, 4) is 0 Å². The molecule has 0 aromatic heterocycles. The highest BCUT2D eigenvalue weighted by Crippen LogP contribution is 2.28. The van der Waals surface area contributed by atoms with E-state index < -0.39 is 10.0 Å². The number of ether oxygens (including phenoxy) is 1. The number of hydrogen-bond donors (Lipinski definition) is 1. The van der Waals surface area contributed by atoms with Gasteiger partial charge in [0, 0.05) is 23.6 Å². The van der Waals surface area contributed by atoms with Gasteiger partial charge < -0.3 is 10.5 Å². The van der Waals surface area contributed by atoms with Crippen molar-refractivity contribution in [1.82, 2.24) is 4.31 Å². The summed E-state index contributed by atoms with van der Waals surface area (Å²) in [4.78, 5) is 0.277. The molecule has 0 radical (unpaired) electrons. The summed E-state index contributed by atoms with van der Waals surface area (Å²) in [5.41, 5.74) is 6.68. The number of halogens is 1. The van der Waals surface area contributed by atoms with E-state index in [1.165, 1.54) is 4.31 Å². The van der Waals surface area contributed by atoms with Crippen molar-refractivity contribution < 1.29 is 13.2 Å². The maximum absolute atomic E-state index is 12.5. The molecule has 106 valence electrons. The van der Waals surface area contributed by atoms with Gasteiger partial charge in [-0.3, -0.25) is 0 Å². The van der Waals surface area contributed by atoms with Crippen LogP contribution in [0.3, 0.4) is 0 Å². The first kappa shape index (κ1) is 14.9. The lowest BCUT2D eigenvalue weighted by Gasteiger charge is -2.26. The minimum Gasteiger partial charge on any atom is -0.379 e. The second-order valence-corrected chi connectivity index (χ2v) is 7.26. The van der Waals surface area contributed by atoms with E-state index in [-0.39, 0.29) is 10.9 Å². The molecule has 1 aromatic carbocycles. The van der Waals surface area contributed by atoms with Crippen LogP contribution in [-0.4, -0.2) is 39.0 Å². The summed E-state index contributed by atoms with van der Waals surface area (Å²) in [6.07, 6.45) is 0. The highest BCUT2D eigenvalue weighted by molar-refractivity contribution is 9.10. The molecular weight excluding hydrogens is 332 g/mol. The smallest absolute Gasteiger partial charge is 0.244 e. The molecule has 0 bridgehead atoms. The molecule has 1 heterocycles. The molecule has 0 aliphatic carbocycles. The van der Waals surface area contributed by atoms with Crippen LogP contribution in [0.25, 0.3) is 0 Å². The minimum absolute atomic E-state index is 0.128. The molecule has 19 heavy (non-hydrogen) atoms. The van der Waals surface area contributed by atoms with E-state index in [0.717, 1.165) is 5.56 Å². The topological polar surface area (TPSA) is 72.6 Å². The van der Waals surface area contributed by atoms with Crippen LogP contribution in [0.1, 0.15) is 18.5 Å². The van der Waals surface area contributed by atoms with Crippen LogP contribution in [-0.2, 0) is 14.8 Å². The fourth-order valence-corrected chi connectivity index (χ4v) is 4.40. The van der Waals surface area contributed by atoms with Crippen LogP contribution in [0.2, 0.25) is 0 Å². The Morgan fingerprint density at radius 1 is 1.37 bits per heavy atom. The molecule has 1 unspecified atom stereocenters. The van der Waals surface area contributed by atoms with E-state index in [1.807, 2.05) is 6.92 Å². The van der Waals surface area contributed by atoms with E-state index in [9.17, 15) is 8.42 Å². The Morgan fingerprint density at radius 2 is 2.00 bits per heavy atom. The number of rotatable bonds is 3. The molecule has 5 nitrogen and oxygen atoms in total. The first-order valence-electron chi connectivity index (χ1n) is 6.06. The molecule has 1 aliphatic heterocycles. The van der Waals surface area contributed by atoms with Crippen LogP contribution >= 0.6 is 15.9 Å². The minimum atomic E-state index is -3.47. The standard InChI is InChI=1S/C12H17BrN2O3S/c1-9(14)10-2-3-12(11(13)8-10)19(16,17)15-4-6-18-7-5-15/h2-3,8-9H,4-7,14H2,1H3. The molecular formula is C12H17BrN2O3S. The van der Waals surface area contributed by atoms with Gasteiger partial charge in [-0.1, -0.05) is 6.07 Å². The molecule has 1 atom stereocenters. The molecule has 0 spiro atoms. The lowest BCUT2D eigenvalue weighted by Crippen LogP contribution is -2.40. The maximum Gasteiger partial charge on any atom is 0.244 e. The third-order valence-electron chi connectivity index (χ3n) is 3.07. The van der Waals surface area contributed by atoms with Crippen molar-refractivity contribution in [2.75, 3.05) is 26.3 Å². The van der Waals surface area contributed by atoms with E-state index >= 15 is 0 Å². The van der Waals surface area contributed by atoms with Crippen molar-refractivity contribution in [2.45, 2.75) is 17.9 Å². The number of morpholine rings is 1. The fraction of sp³-hybridized carbons (Fsp3) is 0.500. The van der Waals surface area contributed by atoms with Crippen molar-refractivity contribution in [3.63, 3.8) is 0 Å². The van der Waals surface area contributed by atoms with E-state index in [0.29, 0.717) is 30.8 Å². The van der Waals surface area contributed by atoms with E-state index in [2.05, 4.69) is 15.9 Å². The molecule has 1 aliphatic rings. The summed E-state index contributed by atoms with van der Waals surface area (Å²) < 4.78 is 32.2.